The Balaban J connectivity index is 1.48. The summed E-state index contributed by atoms with van der Waals surface area (Å²) in [6.45, 7) is 6.48. The van der Waals surface area contributed by atoms with E-state index in [4.69, 9.17) is 4.42 Å². The van der Waals surface area contributed by atoms with Crippen LogP contribution in [-0.2, 0) is 24.2 Å². The first kappa shape index (κ1) is 23.1. The molecule has 0 bridgehead atoms. The van der Waals surface area contributed by atoms with Crippen LogP contribution in [0.5, 0.6) is 0 Å². The van der Waals surface area contributed by atoms with Gasteiger partial charge in [0.1, 0.15) is 17.1 Å². The van der Waals surface area contributed by atoms with Crippen LogP contribution in [-0.4, -0.2) is 46.9 Å². The number of piperidine rings is 1. The molecule has 4 rings (SSSR count). The highest BCUT2D eigenvalue weighted by Gasteiger charge is 2.55. The molecule has 2 aliphatic heterocycles. The molecule has 174 valence electrons. The molecule has 1 aromatic carbocycles. The van der Waals surface area contributed by atoms with Crippen molar-refractivity contribution in [2.45, 2.75) is 58.0 Å². The molecule has 33 heavy (non-hydrogen) atoms. The van der Waals surface area contributed by atoms with Crippen LogP contribution >= 0.6 is 0 Å². The Morgan fingerprint density at radius 1 is 1.09 bits per heavy atom. The third kappa shape index (κ3) is 4.99. The lowest BCUT2D eigenvalue weighted by Crippen LogP contribution is -2.56. The fourth-order valence-corrected chi connectivity index (χ4v) is 5.08. The molecule has 0 radical (unpaired) electrons. The molecule has 6 heteroatoms. The van der Waals surface area contributed by atoms with Crippen molar-refractivity contribution in [3.8, 4) is 11.8 Å². The Bertz CT molecular complexity index is 1030. The van der Waals surface area contributed by atoms with Crippen LogP contribution in [0.1, 0.15) is 50.2 Å². The summed E-state index contributed by atoms with van der Waals surface area (Å²) in [4.78, 5) is 30.1. The Kier molecular flexibility index (Phi) is 7.20. The lowest BCUT2D eigenvalue weighted by Gasteiger charge is -2.40. The molecule has 1 aromatic heterocycles. The van der Waals surface area contributed by atoms with E-state index in [0.717, 1.165) is 56.8 Å². The number of likely N-dealkylation sites (tertiary alicyclic amines) is 1. The Labute approximate surface area is 196 Å². The average molecular weight is 448 g/mol. The van der Waals surface area contributed by atoms with E-state index in [2.05, 4.69) is 47.2 Å². The van der Waals surface area contributed by atoms with Gasteiger partial charge in [0.25, 0.3) is 5.91 Å². The minimum atomic E-state index is -0.867. The number of carbonyl (C=O) groups is 2. The number of aryl methyl sites for hydroxylation is 2. The van der Waals surface area contributed by atoms with Gasteiger partial charge in [-0.25, -0.2) is 4.79 Å². The highest BCUT2D eigenvalue weighted by atomic mass is 16.3. The van der Waals surface area contributed by atoms with Gasteiger partial charge in [-0.05, 0) is 69.3 Å². The van der Waals surface area contributed by atoms with Crippen LogP contribution < -0.4 is 5.32 Å². The molecular weight excluding hydrogens is 414 g/mol. The Morgan fingerprint density at radius 3 is 2.48 bits per heavy atom. The third-order valence-corrected chi connectivity index (χ3v) is 7.00. The minimum Gasteiger partial charge on any atom is -0.465 e. The van der Waals surface area contributed by atoms with Gasteiger partial charge in [-0.1, -0.05) is 43.2 Å². The molecule has 0 aliphatic carbocycles. The zero-order valence-corrected chi connectivity index (χ0v) is 19.6. The number of benzene rings is 1. The molecular formula is C27H33N3O3. The van der Waals surface area contributed by atoms with E-state index in [0.29, 0.717) is 6.42 Å². The number of nitrogens with one attached hydrogen (secondary N) is 1. The molecule has 3 heterocycles. The van der Waals surface area contributed by atoms with Gasteiger partial charge in [0.05, 0.1) is 13.1 Å². The average Bonchev–Trinajstić information content (AvgIpc) is 3.39. The van der Waals surface area contributed by atoms with Gasteiger partial charge in [-0.2, -0.15) is 0 Å². The van der Waals surface area contributed by atoms with E-state index in [1.165, 1.54) is 10.5 Å². The summed E-state index contributed by atoms with van der Waals surface area (Å²) < 4.78 is 5.88. The van der Waals surface area contributed by atoms with Crippen LogP contribution in [0.2, 0.25) is 0 Å². The fraction of sp³-hybridized carbons (Fsp3) is 0.481. The predicted molar refractivity (Wildman–Crippen MR) is 127 cm³/mol. The van der Waals surface area contributed by atoms with Crippen molar-refractivity contribution in [2.24, 2.45) is 5.92 Å². The van der Waals surface area contributed by atoms with Gasteiger partial charge in [-0.15, -0.1) is 5.92 Å². The molecule has 1 atom stereocenters. The SMILES string of the molecule is CC#CCN1C(=O)NC(CCc2ccccc2)(C2CCN(Cc3ccc(CC)o3)CC2)C1=O. The lowest BCUT2D eigenvalue weighted by atomic mass is 9.74. The second-order valence-electron chi connectivity index (χ2n) is 8.98. The van der Waals surface area contributed by atoms with Crippen LogP contribution in [0.15, 0.2) is 46.9 Å². The van der Waals surface area contributed by atoms with Gasteiger partial charge in [0, 0.05) is 6.42 Å². The quantitative estimate of drug-likeness (QED) is 0.491. The number of nitrogens with zero attached hydrogens (tertiary/aromatic N) is 2. The number of amides is 3. The number of hydrogen-bond acceptors (Lipinski definition) is 4. The van der Waals surface area contributed by atoms with Crippen molar-refractivity contribution in [1.29, 1.82) is 0 Å². The molecule has 6 nitrogen and oxygen atoms in total. The smallest absolute Gasteiger partial charge is 0.325 e. The second kappa shape index (κ2) is 10.3. The third-order valence-electron chi connectivity index (χ3n) is 7.00. The van der Waals surface area contributed by atoms with E-state index in [1.54, 1.807) is 6.92 Å². The summed E-state index contributed by atoms with van der Waals surface area (Å²) in [6, 6.07) is 13.9. The van der Waals surface area contributed by atoms with Crippen molar-refractivity contribution in [1.82, 2.24) is 15.1 Å². The van der Waals surface area contributed by atoms with Gasteiger partial charge < -0.3 is 9.73 Å². The Hall–Kier alpha value is -3.04. The number of urea groups is 1. The maximum Gasteiger partial charge on any atom is 0.325 e. The van der Waals surface area contributed by atoms with E-state index in [9.17, 15) is 9.59 Å². The Morgan fingerprint density at radius 2 is 1.82 bits per heavy atom. The lowest BCUT2D eigenvalue weighted by molar-refractivity contribution is -0.134. The topological polar surface area (TPSA) is 65.8 Å². The maximum atomic E-state index is 13.6. The normalized spacial score (nSPS) is 21.7. The van der Waals surface area contributed by atoms with Gasteiger partial charge in [-0.3, -0.25) is 14.6 Å². The molecule has 1 N–H and O–H groups in total. The zero-order valence-electron chi connectivity index (χ0n) is 19.6. The van der Waals surface area contributed by atoms with E-state index < -0.39 is 5.54 Å². The van der Waals surface area contributed by atoms with Crippen LogP contribution in [0, 0.1) is 17.8 Å². The highest BCUT2D eigenvalue weighted by molar-refractivity contribution is 6.07. The van der Waals surface area contributed by atoms with Crippen molar-refractivity contribution in [3.05, 3.63) is 59.5 Å². The summed E-state index contributed by atoms with van der Waals surface area (Å²) in [7, 11) is 0. The summed E-state index contributed by atoms with van der Waals surface area (Å²) in [6.07, 6.45) is 3.95. The first-order chi connectivity index (χ1) is 16.1. The molecule has 3 amide bonds. The standard InChI is InChI=1S/C27H33N3O3/c1-3-5-17-30-25(31)27(28-26(30)32,16-13-21-9-7-6-8-10-21)22-14-18-29(19-15-22)20-24-12-11-23(4-2)33-24/h6-12,22H,4,13-20H2,1-2H3,(H,28,32). The molecule has 2 aromatic rings. The maximum absolute atomic E-state index is 13.6. The molecule has 2 fully saturated rings. The van der Waals surface area contributed by atoms with Crippen LogP contribution in [0.3, 0.4) is 0 Å². The molecule has 2 aliphatic rings. The minimum absolute atomic E-state index is 0.0938. The first-order valence-corrected chi connectivity index (χ1v) is 11.9. The summed E-state index contributed by atoms with van der Waals surface area (Å²) >= 11 is 0. The molecule has 0 spiro atoms. The van der Waals surface area contributed by atoms with Crippen LogP contribution in [0.25, 0.3) is 0 Å². The molecule has 1 unspecified atom stereocenters. The van der Waals surface area contributed by atoms with Crippen molar-refractivity contribution < 1.29 is 14.0 Å². The van der Waals surface area contributed by atoms with Crippen LogP contribution in [0.4, 0.5) is 4.79 Å². The molecule has 0 saturated carbocycles. The van der Waals surface area contributed by atoms with E-state index >= 15 is 0 Å². The zero-order chi connectivity index (χ0) is 23.3. The molecule has 2 saturated heterocycles. The fourth-order valence-electron chi connectivity index (χ4n) is 5.08. The van der Waals surface area contributed by atoms with E-state index in [1.807, 2.05) is 24.3 Å². The summed E-state index contributed by atoms with van der Waals surface area (Å²) in [5.74, 6) is 7.64. The summed E-state index contributed by atoms with van der Waals surface area (Å²) in [5.41, 5.74) is 0.307. The van der Waals surface area contributed by atoms with Gasteiger partial charge in [0.2, 0.25) is 0 Å². The first-order valence-electron chi connectivity index (χ1n) is 11.9. The van der Waals surface area contributed by atoms with Crippen molar-refractivity contribution in [3.63, 3.8) is 0 Å². The largest absolute Gasteiger partial charge is 0.465 e. The van der Waals surface area contributed by atoms with Crippen molar-refractivity contribution in [2.75, 3.05) is 19.6 Å². The predicted octanol–water partition coefficient (Wildman–Crippen LogP) is 4.00. The van der Waals surface area contributed by atoms with E-state index in [-0.39, 0.29) is 24.4 Å². The van der Waals surface area contributed by atoms with Gasteiger partial charge >= 0.3 is 6.03 Å². The number of rotatable bonds is 8. The number of imide groups is 1. The highest BCUT2D eigenvalue weighted by Crippen LogP contribution is 2.37. The number of carbonyl (C=O) groups excluding carboxylic acids is 2. The number of furan rings is 1. The number of hydrogen-bond donors (Lipinski definition) is 1. The van der Waals surface area contributed by atoms with Crippen molar-refractivity contribution >= 4 is 11.9 Å². The van der Waals surface area contributed by atoms with Gasteiger partial charge in [0.15, 0.2) is 0 Å². The second-order valence-corrected chi connectivity index (χ2v) is 8.98. The monoisotopic (exact) mass is 447 g/mol. The summed E-state index contributed by atoms with van der Waals surface area (Å²) in [5, 5.41) is 3.12.